The van der Waals surface area contributed by atoms with Crippen molar-refractivity contribution in [3.05, 3.63) is 45.8 Å². The van der Waals surface area contributed by atoms with Gasteiger partial charge in [0.15, 0.2) is 11.0 Å². The van der Waals surface area contributed by atoms with Crippen LogP contribution in [0.25, 0.3) is 10.7 Å². The molecule has 1 N–H and O–H groups in total. The van der Waals surface area contributed by atoms with E-state index in [1.807, 2.05) is 35.9 Å². The summed E-state index contributed by atoms with van der Waals surface area (Å²) in [6.45, 7) is 4.58. The number of nitrogens with one attached hydrogen (secondary N) is 1. The van der Waals surface area contributed by atoms with Crippen molar-refractivity contribution in [1.29, 1.82) is 0 Å². The predicted octanol–water partition coefficient (Wildman–Crippen LogP) is 5.45. The third kappa shape index (κ3) is 4.40. The van der Waals surface area contributed by atoms with Gasteiger partial charge < -0.3 is 9.88 Å². The van der Waals surface area contributed by atoms with Crippen LogP contribution in [0.15, 0.2) is 40.9 Å². The fraction of sp³-hybridized carbons (Fsp3) is 0.235. The molecule has 136 valence electrons. The number of carbonyl (C=O) groups is 1. The molecule has 2 aromatic heterocycles. The number of nitrogens with zero attached hydrogens (tertiary/aromatic N) is 3. The van der Waals surface area contributed by atoms with Gasteiger partial charge in [-0.15, -0.1) is 21.5 Å². The maximum absolute atomic E-state index is 12.5. The van der Waals surface area contributed by atoms with E-state index in [1.165, 1.54) is 11.8 Å². The Bertz CT molecular complexity index is 891. The first-order valence-corrected chi connectivity index (χ1v) is 10.4. The van der Waals surface area contributed by atoms with Crippen LogP contribution in [-0.4, -0.2) is 25.9 Å². The summed E-state index contributed by atoms with van der Waals surface area (Å²) >= 11 is 14.9. The lowest BCUT2D eigenvalue weighted by Gasteiger charge is -2.13. The quantitative estimate of drug-likeness (QED) is 0.532. The molecule has 2 heterocycles. The highest BCUT2D eigenvalue weighted by atomic mass is 35.5. The number of hydrogen-bond acceptors (Lipinski definition) is 5. The lowest BCUT2D eigenvalue weighted by atomic mass is 10.3. The average Bonchev–Trinajstić information content (AvgIpc) is 3.22. The summed E-state index contributed by atoms with van der Waals surface area (Å²) < 4.78 is 2.01. The van der Waals surface area contributed by atoms with E-state index in [2.05, 4.69) is 15.5 Å². The molecule has 0 aliphatic carbocycles. The van der Waals surface area contributed by atoms with Crippen LogP contribution in [0.3, 0.4) is 0 Å². The van der Waals surface area contributed by atoms with Crippen LogP contribution in [0.2, 0.25) is 10.0 Å². The zero-order valence-electron chi connectivity index (χ0n) is 14.1. The van der Waals surface area contributed by atoms with Gasteiger partial charge in [0, 0.05) is 22.3 Å². The number of halogens is 2. The van der Waals surface area contributed by atoms with Crippen molar-refractivity contribution < 1.29 is 4.79 Å². The van der Waals surface area contributed by atoms with E-state index in [1.54, 1.807) is 29.5 Å². The summed E-state index contributed by atoms with van der Waals surface area (Å²) in [6, 6.07) is 8.92. The predicted molar refractivity (Wildman–Crippen MR) is 109 cm³/mol. The highest BCUT2D eigenvalue weighted by molar-refractivity contribution is 8.00. The minimum absolute atomic E-state index is 0.156. The summed E-state index contributed by atoms with van der Waals surface area (Å²) in [5, 5.41) is 14.7. The second-order valence-corrected chi connectivity index (χ2v) is 8.56. The fourth-order valence-electron chi connectivity index (χ4n) is 2.33. The van der Waals surface area contributed by atoms with Crippen LogP contribution in [-0.2, 0) is 11.3 Å². The smallest absolute Gasteiger partial charge is 0.237 e. The monoisotopic (exact) mass is 426 g/mol. The Balaban J connectivity index is 1.73. The summed E-state index contributed by atoms with van der Waals surface area (Å²) in [6.07, 6.45) is 0. The number of aromatic nitrogens is 3. The Labute approximate surface area is 169 Å². The van der Waals surface area contributed by atoms with Crippen molar-refractivity contribution in [3.63, 3.8) is 0 Å². The molecule has 0 aliphatic rings. The lowest BCUT2D eigenvalue weighted by Crippen LogP contribution is -2.23. The molecule has 3 rings (SSSR count). The molecule has 5 nitrogen and oxygen atoms in total. The first kappa shape index (κ1) is 19.2. The van der Waals surface area contributed by atoms with Gasteiger partial charge in [-0.05, 0) is 43.5 Å². The van der Waals surface area contributed by atoms with Crippen LogP contribution in [0.1, 0.15) is 13.8 Å². The van der Waals surface area contributed by atoms with Crippen molar-refractivity contribution in [2.45, 2.75) is 30.8 Å². The van der Waals surface area contributed by atoms with Crippen molar-refractivity contribution in [2.24, 2.45) is 0 Å². The highest BCUT2D eigenvalue weighted by Crippen LogP contribution is 2.30. The first-order chi connectivity index (χ1) is 12.5. The normalized spacial score (nSPS) is 12.2. The van der Waals surface area contributed by atoms with Gasteiger partial charge in [0.25, 0.3) is 0 Å². The fourth-order valence-corrected chi connectivity index (χ4v) is 4.49. The number of amides is 1. The zero-order chi connectivity index (χ0) is 18.7. The molecule has 0 saturated heterocycles. The van der Waals surface area contributed by atoms with E-state index >= 15 is 0 Å². The Morgan fingerprint density at radius 2 is 2.04 bits per heavy atom. The third-order valence-corrected chi connectivity index (χ3v) is 5.94. The number of anilines is 1. The summed E-state index contributed by atoms with van der Waals surface area (Å²) in [5.74, 6) is 0.663. The Kier molecular flexibility index (Phi) is 6.24. The van der Waals surface area contributed by atoms with E-state index in [4.69, 9.17) is 23.2 Å². The second-order valence-electron chi connectivity index (χ2n) is 5.44. The molecule has 0 bridgehead atoms. The average molecular weight is 427 g/mol. The Hall–Kier alpha value is -1.54. The molecule has 0 unspecified atom stereocenters. The summed E-state index contributed by atoms with van der Waals surface area (Å²) in [4.78, 5) is 13.6. The molecule has 26 heavy (non-hydrogen) atoms. The summed E-state index contributed by atoms with van der Waals surface area (Å²) in [5.41, 5.74) is 0.566. The minimum atomic E-state index is -0.363. The molecule has 0 spiro atoms. The zero-order valence-corrected chi connectivity index (χ0v) is 17.2. The molecule has 3 aromatic rings. The molecule has 0 radical (unpaired) electrons. The summed E-state index contributed by atoms with van der Waals surface area (Å²) in [7, 11) is 0. The van der Waals surface area contributed by atoms with Gasteiger partial charge in [0.2, 0.25) is 5.91 Å². The van der Waals surface area contributed by atoms with Crippen molar-refractivity contribution in [3.8, 4) is 10.7 Å². The van der Waals surface area contributed by atoms with Gasteiger partial charge in [-0.2, -0.15) is 0 Å². The van der Waals surface area contributed by atoms with Crippen molar-refractivity contribution in [1.82, 2.24) is 14.8 Å². The lowest BCUT2D eigenvalue weighted by molar-refractivity contribution is -0.115. The van der Waals surface area contributed by atoms with E-state index in [0.29, 0.717) is 20.9 Å². The topological polar surface area (TPSA) is 59.8 Å². The Morgan fingerprint density at radius 1 is 1.31 bits per heavy atom. The second kappa shape index (κ2) is 8.43. The number of benzene rings is 1. The molecule has 1 aromatic carbocycles. The van der Waals surface area contributed by atoms with E-state index in [0.717, 1.165) is 17.2 Å². The van der Waals surface area contributed by atoms with Crippen LogP contribution >= 0.6 is 46.3 Å². The molecular formula is C17H16Cl2N4OS2. The minimum Gasteiger partial charge on any atom is -0.325 e. The number of carbonyl (C=O) groups excluding carboxylic acids is 1. The third-order valence-electron chi connectivity index (χ3n) is 3.56. The molecule has 1 atom stereocenters. The SMILES string of the molecule is CCn1c(S[C@H](C)C(=O)Nc2cc(Cl)cc(Cl)c2)nnc1-c1cccs1. The van der Waals surface area contributed by atoms with Crippen molar-refractivity contribution in [2.75, 3.05) is 5.32 Å². The Morgan fingerprint density at radius 3 is 2.65 bits per heavy atom. The molecular weight excluding hydrogens is 411 g/mol. The standard InChI is InChI=1S/C17H16Cl2N4OS2/c1-3-23-15(14-5-4-6-25-14)21-22-17(23)26-10(2)16(24)20-13-8-11(18)7-12(19)9-13/h4-10H,3H2,1-2H3,(H,20,24)/t10-/m1/s1. The molecule has 9 heteroatoms. The van der Waals surface area contributed by atoms with Gasteiger partial charge in [0.05, 0.1) is 10.1 Å². The number of rotatable bonds is 6. The van der Waals surface area contributed by atoms with Gasteiger partial charge in [-0.25, -0.2) is 0 Å². The number of thiophene rings is 1. The maximum atomic E-state index is 12.5. The van der Waals surface area contributed by atoms with E-state index in [9.17, 15) is 4.79 Å². The molecule has 0 fully saturated rings. The van der Waals surface area contributed by atoms with Gasteiger partial charge in [-0.3, -0.25) is 4.79 Å². The van der Waals surface area contributed by atoms with Gasteiger partial charge >= 0.3 is 0 Å². The van der Waals surface area contributed by atoms with Gasteiger partial charge in [0.1, 0.15) is 0 Å². The van der Waals surface area contributed by atoms with E-state index in [-0.39, 0.29) is 11.2 Å². The number of thioether (sulfide) groups is 1. The van der Waals surface area contributed by atoms with Crippen molar-refractivity contribution >= 4 is 57.9 Å². The van der Waals surface area contributed by atoms with Gasteiger partial charge in [-0.1, -0.05) is 41.0 Å². The molecule has 0 aliphatic heterocycles. The largest absolute Gasteiger partial charge is 0.325 e. The van der Waals surface area contributed by atoms with Crippen LogP contribution < -0.4 is 5.32 Å². The molecule has 0 saturated carbocycles. The van der Waals surface area contributed by atoms with Crippen LogP contribution in [0.4, 0.5) is 5.69 Å². The molecule has 1 amide bonds. The van der Waals surface area contributed by atoms with E-state index < -0.39 is 0 Å². The first-order valence-electron chi connectivity index (χ1n) is 7.88. The van der Waals surface area contributed by atoms with Crippen LogP contribution in [0.5, 0.6) is 0 Å². The maximum Gasteiger partial charge on any atom is 0.237 e. The number of hydrogen-bond donors (Lipinski definition) is 1. The van der Waals surface area contributed by atoms with Crippen LogP contribution in [0, 0.1) is 0 Å². The highest BCUT2D eigenvalue weighted by Gasteiger charge is 2.21.